The Kier molecular flexibility index (Phi) is 4.42. The van der Waals surface area contributed by atoms with Gasteiger partial charge in [-0.05, 0) is 56.3 Å². The van der Waals surface area contributed by atoms with Crippen molar-refractivity contribution in [1.29, 1.82) is 0 Å². The van der Waals surface area contributed by atoms with Gasteiger partial charge in [-0.1, -0.05) is 38.1 Å². The molecule has 1 aromatic rings. The summed E-state index contributed by atoms with van der Waals surface area (Å²) in [4.78, 5) is 2.80. The summed E-state index contributed by atoms with van der Waals surface area (Å²) in [7, 11) is 0. The molecule has 1 aromatic carbocycles. The smallest absolute Gasteiger partial charge is 0.0484 e. The summed E-state index contributed by atoms with van der Waals surface area (Å²) < 4.78 is 0. The van der Waals surface area contributed by atoms with E-state index in [1.165, 1.54) is 38.6 Å². The largest absolute Gasteiger partial charge is 0.309 e. The summed E-state index contributed by atoms with van der Waals surface area (Å²) >= 11 is 0. The Labute approximate surface area is 123 Å². The molecule has 2 heteroatoms. The highest BCUT2D eigenvalue weighted by molar-refractivity contribution is 5.37. The van der Waals surface area contributed by atoms with Crippen molar-refractivity contribution in [3.8, 4) is 0 Å². The van der Waals surface area contributed by atoms with Gasteiger partial charge in [-0.2, -0.15) is 0 Å². The normalized spacial score (nSPS) is 29.8. The maximum atomic E-state index is 3.82. The molecule has 1 saturated heterocycles. The van der Waals surface area contributed by atoms with Crippen LogP contribution < -0.4 is 5.32 Å². The van der Waals surface area contributed by atoms with Crippen LogP contribution in [0.5, 0.6) is 0 Å². The molecule has 110 valence electrons. The molecular formula is C18H28N2. The van der Waals surface area contributed by atoms with Crippen molar-refractivity contribution < 1.29 is 0 Å². The third-order valence-corrected chi connectivity index (χ3v) is 5.14. The number of nitrogens with one attached hydrogen (secondary N) is 1. The van der Waals surface area contributed by atoms with Crippen LogP contribution in [0.1, 0.15) is 56.7 Å². The van der Waals surface area contributed by atoms with E-state index < -0.39 is 0 Å². The molecule has 3 atom stereocenters. The van der Waals surface area contributed by atoms with Crippen LogP contribution >= 0.6 is 0 Å². The van der Waals surface area contributed by atoms with Gasteiger partial charge in [0.2, 0.25) is 0 Å². The van der Waals surface area contributed by atoms with Gasteiger partial charge in [-0.15, -0.1) is 0 Å². The van der Waals surface area contributed by atoms with Gasteiger partial charge in [0.1, 0.15) is 0 Å². The first-order valence-corrected chi connectivity index (χ1v) is 8.42. The summed E-state index contributed by atoms with van der Waals surface area (Å²) in [6.07, 6.45) is 6.51. The lowest BCUT2D eigenvalue weighted by atomic mass is 10.0. The first-order valence-electron chi connectivity index (χ1n) is 8.42. The van der Waals surface area contributed by atoms with Gasteiger partial charge in [0, 0.05) is 18.1 Å². The van der Waals surface area contributed by atoms with Crippen molar-refractivity contribution in [1.82, 2.24) is 10.2 Å². The van der Waals surface area contributed by atoms with Gasteiger partial charge in [-0.25, -0.2) is 0 Å². The van der Waals surface area contributed by atoms with E-state index in [0.717, 1.165) is 12.6 Å². The molecule has 20 heavy (non-hydrogen) atoms. The highest BCUT2D eigenvalue weighted by Gasteiger charge is 2.39. The van der Waals surface area contributed by atoms with E-state index in [1.807, 2.05) is 0 Å². The standard InChI is InChI=1S/C18H28N2/c1-3-11-19-18-16-10-6-5-8-14(16)13-17(18)20-12-7-9-15(20)4-2/h5-6,8,10,15,17-19H,3-4,7,9,11-13H2,1-2H3. The Hall–Kier alpha value is -0.860. The molecule has 0 radical (unpaired) electrons. The van der Waals surface area contributed by atoms with Crippen molar-refractivity contribution in [2.24, 2.45) is 0 Å². The van der Waals surface area contributed by atoms with Gasteiger partial charge in [0.15, 0.2) is 0 Å². The molecule has 2 nitrogen and oxygen atoms in total. The SMILES string of the molecule is CCCNC1c2ccccc2CC1N1CCCC1CC. The number of hydrogen-bond acceptors (Lipinski definition) is 2. The Morgan fingerprint density at radius 2 is 2.10 bits per heavy atom. The Morgan fingerprint density at radius 1 is 1.25 bits per heavy atom. The third kappa shape index (κ3) is 2.51. The fourth-order valence-corrected chi connectivity index (χ4v) is 4.16. The Balaban J connectivity index is 1.83. The third-order valence-electron chi connectivity index (χ3n) is 5.14. The lowest BCUT2D eigenvalue weighted by Crippen LogP contribution is -2.45. The number of hydrogen-bond donors (Lipinski definition) is 1. The van der Waals surface area contributed by atoms with Gasteiger partial charge in [0.25, 0.3) is 0 Å². The second kappa shape index (κ2) is 6.28. The minimum Gasteiger partial charge on any atom is -0.309 e. The van der Waals surface area contributed by atoms with E-state index in [0.29, 0.717) is 12.1 Å². The van der Waals surface area contributed by atoms with Crippen LogP contribution in [0.25, 0.3) is 0 Å². The molecule has 0 spiro atoms. The number of likely N-dealkylation sites (tertiary alicyclic amines) is 1. The van der Waals surface area contributed by atoms with Crippen molar-refractivity contribution in [2.75, 3.05) is 13.1 Å². The molecule has 0 bridgehead atoms. The minimum atomic E-state index is 0.540. The monoisotopic (exact) mass is 272 g/mol. The number of benzene rings is 1. The van der Waals surface area contributed by atoms with Crippen LogP contribution in [-0.4, -0.2) is 30.1 Å². The second-order valence-electron chi connectivity index (χ2n) is 6.34. The Bertz CT molecular complexity index is 443. The van der Waals surface area contributed by atoms with Gasteiger partial charge < -0.3 is 5.32 Å². The van der Waals surface area contributed by atoms with Crippen molar-refractivity contribution in [3.63, 3.8) is 0 Å². The molecule has 3 unspecified atom stereocenters. The van der Waals surface area contributed by atoms with E-state index >= 15 is 0 Å². The zero-order valence-corrected chi connectivity index (χ0v) is 12.9. The van der Waals surface area contributed by atoms with E-state index in [4.69, 9.17) is 0 Å². The molecule has 1 aliphatic carbocycles. The molecule has 0 aromatic heterocycles. The average molecular weight is 272 g/mol. The lowest BCUT2D eigenvalue weighted by Gasteiger charge is -2.34. The van der Waals surface area contributed by atoms with Crippen LogP contribution in [-0.2, 0) is 6.42 Å². The van der Waals surface area contributed by atoms with E-state index in [2.05, 4.69) is 48.3 Å². The van der Waals surface area contributed by atoms with Gasteiger partial charge >= 0.3 is 0 Å². The lowest BCUT2D eigenvalue weighted by molar-refractivity contribution is 0.148. The minimum absolute atomic E-state index is 0.540. The predicted molar refractivity (Wildman–Crippen MR) is 85.0 cm³/mol. The summed E-state index contributed by atoms with van der Waals surface area (Å²) in [6, 6.07) is 11.1. The van der Waals surface area contributed by atoms with Crippen LogP contribution in [0.3, 0.4) is 0 Å². The fraction of sp³-hybridized carbons (Fsp3) is 0.667. The quantitative estimate of drug-likeness (QED) is 0.882. The van der Waals surface area contributed by atoms with Crippen LogP contribution in [0.2, 0.25) is 0 Å². The first-order chi connectivity index (χ1) is 9.85. The fourth-order valence-electron chi connectivity index (χ4n) is 4.16. The molecule has 0 saturated carbocycles. The highest BCUT2D eigenvalue weighted by Crippen LogP contribution is 2.38. The maximum absolute atomic E-state index is 3.82. The first kappa shape index (κ1) is 14.1. The molecular weight excluding hydrogens is 244 g/mol. The van der Waals surface area contributed by atoms with Crippen LogP contribution in [0.15, 0.2) is 24.3 Å². The van der Waals surface area contributed by atoms with E-state index in [9.17, 15) is 0 Å². The summed E-state index contributed by atoms with van der Waals surface area (Å²) in [5.41, 5.74) is 3.11. The maximum Gasteiger partial charge on any atom is 0.0484 e. The Morgan fingerprint density at radius 3 is 2.90 bits per heavy atom. The van der Waals surface area contributed by atoms with Gasteiger partial charge in [-0.3, -0.25) is 4.90 Å². The summed E-state index contributed by atoms with van der Waals surface area (Å²) in [5, 5.41) is 3.82. The molecule has 1 fully saturated rings. The van der Waals surface area contributed by atoms with Crippen molar-refractivity contribution in [2.45, 2.75) is 64.1 Å². The second-order valence-corrected chi connectivity index (χ2v) is 6.34. The van der Waals surface area contributed by atoms with Crippen molar-refractivity contribution in [3.05, 3.63) is 35.4 Å². The van der Waals surface area contributed by atoms with Crippen LogP contribution in [0, 0.1) is 0 Å². The summed E-state index contributed by atoms with van der Waals surface area (Å²) in [6.45, 7) is 7.02. The van der Waals surface area contributed by atoms with E-state index in [1.54, 1.807) is 11.1 Å². The van der Waals surface area contributed by atoms with E-state index in [-0.39, 0.29) is 0 Å². The molecule has 1 aliphatic heterocycles. The molecule has 3 rings (SSSR count). The average Bonchev–Trinajstić information content (AvgIpc) is 3.08. The number of fused-ring (bicyclic) bond motifs is 1. The summed E-state index contributed by atoms with van der Waals surface area (Å²) in [5.74, 6) is 0. The zero-order chi connectivity index (χ0) is 13.9. The van der Waals surface area contributed by atoms with Crippen molar-refractivity contribution >= 4 is 0 Å². The zero-order valence-electron chi connectivity index (χ0n) is 12.9. The topological polar surface area (TPSA) is 15.3 Å². The number of nitrogens with zero attached hydrogens (tertiary/aromatic N) is 1. The van der Waals surface area contributed by atoms with Gasteiger partial charge in [0.05, 0.1) is 0 Å². The number of rotatable bonds is 5. The molecule has 0 amide bonds. The molecule has 1 N–H and O–H groups in total. The predicted octanol–water partition coefficient (Wildman–Crippen LogP) is 3.53. The molecule has 1 heterocycles. The highest BCUT2D eigenvalue weighted by atomic mass is 15.2. The molecule has 2 aliphatic rings. The van der Waals surface area contributed by atoms with Crippen LogP contribution in [0.4, 0.5) is 0 Å².